The van der Waals surface area contributed by atoms with E-state index >= 15 is 0 Å². The number of nitrogens with zero attached hydrogens (tertiary/aromatic N) is 1. The molecule has 0 heterocycles. The predicted molar refractivity (Wildman–Crippen MR) is 129 cm³/mol. The number of nitrogens with one attached hydrogen (secondary N) is 2. The molecule has 29 heavy (non-hydrogen) atoms. The highest BCUT2D eigenvalue weighted by molar-refractivity contribution is 14.0. The molecule has 0 bridgehead atoms. The summed E-state index contributed by atoms with van der Waals surface area (Å²) < 4.78 is 28.8. The minimum absolute atomic E-state index is 0. The Hall–Kier alpha value is -1.81. The van der Waals surface area contributed by atoms with E-state index in [1.165, 1.54) is 6.26 Å². The normalized spacial score (nSPS) is 11.5. The first-order chi connectivity index (χ1) is 13.3. The summed E-state index contributed by atoms with van der Waals surface area (Å²) >= 11 is 0. The highest BCUT2D eigenvalue weighted by Crippen LogP contribution is 2.20. The third kappa shape index (κ3) is 8.22. The molecule has 0 aliphatic carbocycles. The second-order valence-corrected chi connectivity index (χ2v) is 8.52. The van der Waals surface area contributed by atoms with Gasteiger partial charge < -0.3 is 15.4 Å². The van der Waals surface area contributed by atoms with Crippen molar-refractivity contribution in [3.05, 3.63) is 59.2 Å². The minimum atomic E-state index is -3.18. The summed E-state index contributed by atoms with van der Waals surface area (Å²) in [6.45, 7) is 8.43. The number of guanidine groups is 1. The summed E-state index contributed by atoms with van der Waals surface area (Å²) in [6.07, 6.45) is 1.20. The lowest BCUT2D eigenvalue weighted by atomic mass is 10.1. The summed E-state index contributed by atoms with van der Waals surface area (Å²) in [4.78, 5) is 4.90. The molecule has 8 heteroatoms. The summed E-state index contributed by atoms with van der Waals surface area (Å²) in [5, 5.41) is 6.55. The highest BCUT2D eigenvalue weighted by atomic mass is 127. The molecular weight excluding hydrogens is 501 g/mol. The Kier molecular flexibility index (Phi) is 10.5. The summed E-state index contributed by atoms with van der Waals surface area (Å²) in [6, 6.07) is 13.0. The maximum atomic E-state index is 11.6. The van der Waals surface area contributed by atoms with Crippen molar-refractivity contribution in [3.63, 3.8) is 0 Å². The molecule has 0 aliphatic heterocycles. The van der Waals surface area contributed by atoms with Crippen LogP contribution in [-0.2, 0) is 22.9 Å². The minimum Gasteiger partial charge on any atom is -0.494 e. The zero-order chi connectivity index (χ0) is 20.6. The zero-order valence-corrected chi connectivity index (χ0v) is 20.5. The average Bonchev–Trinajstić information content (AvgIpc) is 2.65. The average molecular weight is 531 g/mol. The lowest BCUT2D eigenvalue weighted by molar-refractivity contribution is 0.336. The van der Waals surface area contributed by atoms with Gasteiger partial charge in [-0.05, 0) is 50.1 Å². The molecule has 0 spiro atoms. The van der Waals surface area contributed by atoms with E-state index in [0.717, 1.165) is 29.0 Å². The number of aryl methyl sites for hydroxylation is 1. The van der Waals surface area contributed by atoms with Gasteiger partial charge in [-0.1, -0.05) is 24.3 Å². The molecule has 0 radical (unpaired) electrons. The molecule has 2 aromatic rings. The van der Waals surface area contributed by atoms with Gasteiger partial charge in [0, 0.05) is 24.9 Å². The second kappa shape index (κ2) is 12.0. The summed E-state index contributed by atoms with van der Waals surface area (Å²) in [5.74, 6) is 1.57. The molecule has 0 saturated carbocycles. The van der Waals surface area contributed by atoms with Crippen molar-refractivity contribution in [3.8, 4) is 5.75 Å². The highest BCUT2D eigenvalue weighted by Gasteiger charge is 2.07. The van der Waals surface area contributed by atoms with Crippen molar-refractivity contribution in [2.45, 2.75) is 38.8 Å². The lowest BCUT2D eigenvalue weighted by Crippen LogP contribution is -2.36. The van der Waals surface area contributed by atoms with Crippen LogP contribution in [0.1, 0.15) is 30.5 Å². The van der Waals surface area contributed by atoms with Crippen molar-refractivity contribution >= 4 is 39.8 Å². The van der Waals surface area contributed by atoms with Crippen molar-refractivity contribution < 1.29 is 13.2 Å². The van der Waals surface area contributed by atoms with Gasteiger partial charge in [0.05, 0.1) is 18.0 Å². The first-order valence-corrected chi connectivity index (χ1v) is 11.3. The monoisotopic (exact) mass is 531 g/mol. The van der Waals surface area contributed by atoms with Crippen LogP contribution in [0.25, 0.3) is 0 Å². The van der Waals surface area contributed by atoms with Crippen LogP contribution in [0.2, 0.25) is 0 Å². The number of hydrogen-bond donors (Lipinski definition) is 2. The molecule has 6 nitrogen and oxygen atoms in total. The lowest BCUT2D eigenvalue weighted by Gasteiger charge is -2.15. The van der Waals surface area contributed by atoms with E-state index in [2.05, 4.69) is 27.8 Å². The van der Waals surface area contributed by atoms with Crippen molar-refractivity contribution in [1.82, 2.24) is 10.6 Å². The van der Waals surface area contributed by atoms with E-state index < -0.39 is 9.84 Å². The molecule has 0 unspecified atom stereocenters. The van der Waals surface area contributed by atoms with E-state index in [1.807, 2.05) is 26.8 Å². The molecule has 0 fully saturated rings. The van der Waals surface area contributed by atoms with Crippen molar-refractivity contribution in [2.24, 2.45) is 4.99 Å². The Morgan fingerprint density at radius 1 is 1.07 bits per heavy atom. The fourth-order valence-electron chi connectivity index (χ4n) is 2.63. The Bertz CT molecular complexity index is 913. The molecule has 2 N–H and O–H groups in total. The number of rotatable bonds is 8. The molecule has 160 valence electrons. The standard InChI is InChI=1S/C21H29N3O3S.HI/c1-5-22-21(23-14-17-8-11-19(12-9-17)28(4,25)26)24-15-18-10-7-16(3)13-20(18)27-6-2;/h7-13H,5-6,14-15H2,1-4H3,(H2,22,23,24);1H. The molecule has 0 aliphatic rings. The van der Waals surface area contributed by atoms with Crippen LogP contribution in [0.3, 0.4) is 0 Å². The van der Waals surface area contributed by atoms with Crippen molar-refractivity contribution in [1.29, 1.82) is 0 Å². The maximum absolute atomic E-state index is 11.6. The van der Waals surface area contributed by atoms with E-state index in [9.17, 15) is 8.42 Å². The van der Waals surface area contributed by atoms with Gasteiger partial charge in [-0.15, -0.1) is 24.0 Å². The Morgan fingerprint density at radius 2 is 1.76 bits per heavy atom. The fourth-order valence-corrected chi connectivity index (χ4v) is 3.26. The topological polar surface area (TPSA) is 79.8 Å². The number of halogens is 1. The van der Waals surface area contributed by atoms with Gasteiger partial charge in [0.1, 0.15) is 5.75 Å². The van der Waals surface area contributed by atoms with E-state index in [1.54, 1.807) is 24.3 Å². The Morgan fingerprint density at radius 3 is 2.34 bits per heavy atom. The number of aliphatic imine (C=N–C) groups is 1. The summed E-state index contributed by atoms with van der Waals surface area (Å²) in [5.41, 5.74) is 3.16. The number of benzene rings is 2. The molecule has 0 saturated heterocycles. The Balaban J connectivity index is 0.00000420. The smallest absolute Gasteiger partial charge is 0.191 e. The second-order valence-electron chi connectivity index (χ2n) is 6.51. The quantitative estimate of drug-likeness (QED) is 0.309. The van der Waals surface area contributed by atoms with E-state index in [0.29, 0.717) is 30.6 Å². The van der Waals surface area contributed by atoms with Crippen LogP contribution in [0, 0.1) is 6.92 Å². The molecule has 0 amide bonds. The summed E-state index contributed by atoms with van der Waals surface area (Å²) in [7, 11) is -3.18. The van der Waals surface area contributed by atoms with Crippen LogP contribution in [0.4, 0.5) is 0 Å². The first-order valence-electron chi connectivity index (χ1n) is 9.37. The molecule has 2 aromatic carbocycles. The largest absolute Gasteiger partial charge is 0.494 e. The number of sulfone groups is 1. The first kappa shape index (κ1) is 25.2. The van der Waals surface area contributed by atoms with Gasteiger partial charge in [-0.25, -0.2) is 13.4 Å². The molecular formula is C21H30IN3O3S. The van der Waals surface area contributed by atoms with Gasteiger partial charge in [0.25, 0.3) is 0 Å². The SMILES string of the molecule is CCNC(=NCc1ccc(S(C)(=O)=O)cc1)NCc1ccc(C)cc1OCC.I. The van der Waals surface area contributed by atoms with Gasteiger partial charge in [0.15, 0.2) is 15.8 Å². The van der Waals surface area contributed by atoms with Crippen LogP contribution < -0.4 is 15.4 Å². The maximum Gasteiger partial charge on any atom is 0.191 e. The molecule has 0 aromatic heterocycles. The zero-order valence-electron chi connectivity index (χ0n) is 17.4. The van der Waals surface area contributed by atoms with Crippen LogP contribution >= 0.6 is 24.0 Å². The van der Waals surface area contributed by atoms with Gasteiger partial charge in [-0.2, -0.15) is 0 Å². The van der Waals surface area contributed by atoms with Gasteiger partial charge >= 0.3 is 0 Å². The molecule has 2 rings (SSSR count). The van der Waals surface area contributed by atoms with Crippen LogP contribution in [0.5, 0.6) is 5.75 Å². The number of ether oxygens (including phenoxy) is 1. The van der Waals surface area contributed by atoms with Gasteiger partial charge in [0.2, 0.25) is 0 Å². The van der Waals surface area contributed by atoms with Gasteiger partial charge in [-0.3, -0.25) is 0 Å². The third-order valence-electron chi connectivity index (χ3n) is 4.08. The Labute approximate surface area is 191 Å². The third-order valence-corrected chi connectivity index (χ3v) is 5.21. The van der Waals surface area contributed by atoms with Crippen LogP contribution in [-0.4, -0.2) is 33.8 Å². The van der Waals surface area contributed by atoms with Crippen LogP contribution in [0.15, 0.2) is 52.4 Å². The number of hydrogen-bond acceptors (Lipinski definition) is 4. The van der Waals surface area contributed by atoms with Crippen molar-refractivity contribution in [2.75, 3.05) is 19.4 Å². The fraction of sp³-hybridized carbons (Fsp3) is 0.381. The predicted octanol–water partition coefficient (Wildman–Crippen LogP) is 3.67. The van der Waals surface area contributed by atoms with E-state index in [4.69, 9.17) is 4.74 Å². The van der Waals surface area contributed by atoms with E-state index in [-0.39, 0.29) is 24.0 Å². The molecule has 0 atom stereocenters.